The van der Waals surface area contributed by atoms with Crippen LogP contribution in [0.15, 0.2) is 42.7 Å². The fraction of sp³-hybridized carbons (Fsp3) is 0. The highest BCUT2D eigenvalue weighted by molar-refractivity contribution is 6.10. The number of hydrogen-bond donors (Lipinski definition) is 2. The minimum absolute atomic E-state index is 0.229. The molecular weight excluding hydrogens is 247 g/mol. The highest BCUT2D eigenvalue weighted by atomic mass is 19.1. The van der Waals surface area contributed by atoms with Gasteiger partial charge in [0.2, 0.25) is 0 Å². The number of amides is 1. The van der Waals surface area contributed by atoms with E-state index in [0.717, 1.165) is 5.52 Å². The van der Waals surface area contributed by atoms with Crippen LogP contribution >= 0.6 is 0 Å². The summed E-state index contributed by atoms with van der Waals surface area (Å²) in [7, 11) is 0. The lowest BCUT2D eigenvalue weighted by Gasteiger charge is -2.03. The summed E-state index contributed by atoms with van der Waals surface area (Å²) >= 11 is 0. The van der Waals surface area contributed by atoms with Crippen molar-refractivity contribution in [3.8, 4) is 0 Å². The first-order valence-electron chi connectivity index (χ1n) is 5.59. The van der Waals surface area contributed by atoms with Crippen LogP contribution in [0.25, 0.3) is 10.9 Å². The summed E-state index contributed by atoms with van der Waals surface area (Å²) in [6, 6.07) is 7.40. The van der Waals surface area contributed by atoms with Gasteiger partial charge >= 0.3 is 0 Å². The molecule has 94 valence electrons. The number of rotatable bonds is 2. The summed E-state index contributed by atoms with van der Waals surface area (Å²) < 4.78 is 13.0. The molecule has 0 atom stereocenters. The zero-order valence-corrected chi connectivity index (χ0v) is 9.72. The maximum atomic E-state index is 13.0. The third kappa shape index (κ3) is 2.15. The Bertz CT molecular complexity index is 753. The number of carbonyl (C=O) groups excluding carboxylic acids is 1. The second-order valence-corrected chi connectivity index (χ2v) is 3.96. The van der Waals surface area contributed by atoms with Crippen molar-refractivity contribution in [3.63, 3.8) is 0 Å². The zero-order valence-electron chi connectivity index (χ0n) is 9.72. The first-order valence-corrected chi connectivity index (χ1v) is 5.59. The maximum Gasteiger partial charge on any atom is 0.276 e. The van der Waals surface area contributed by atoms with Crippen molar-refractivity contribution in [2.75, 3.05) is 5.32 Å². The van der Waals surface area contributed by atoms with Crippen LogP contribution in [0.4, 0.5) is 10.1 Å². The molecule has 2 heterocycles. The monoisotopic (exact) mass is 256 g/mol. The SMILES string of the molecule is O=C(Nc1cccc(F)c1)c1n[nH]c2ccncc12. The number of H-pyrrole nitrogens is 1. The lowest BCUT2D eigenvalue weighted by Crippen LogP contribution is -2.12. The lowest BCUT2D eigenvalue weighted by molar-refractivity contribution is 0.102. The van der Waals surface area contributed by atoms with Crippen molar-refractivity contribution in [2.24, 2.45) is 0 Å². The molecule has 0 aliphatic carbocycles. The molecule has 0 aliphatic rings. The molecule has 2 aromatic heterocycles. The summed E-state index contributed by atoms with van der Waals surface area (Å²) in [4.78, 5) is 16.0. The number of benzene rings is 1. The van der Waals surface area contributed by atoms with Crippen LogP contribution < -0.4 is 5.32 Å². The summed E-state index contributed by atoms with van der Waals surface area (Å²) in [5, 5.41) is 9.89. The van der Waals surface area contributed by atoms with Crippen molar-refractivity contribution in [3.05, 3.63) is 54.2 Å². The topological polar surface area (TPSA) is 70.7 Å². The fourth-order valence-corrected chi connectivity index (χ4v) is 1.79. The number of hydrogen-bond acceptors (Lipinski definition) is 3. The van der Waals surface area contributed by atoms with Gasteiger partial charge in [0.15, 0.2) is 5.69 Å². The Morgan fingerprint density at radius 2 is 2.21 bits per heavy atom. The van der Waals surface area contributed by atoms with Crippen molar-refractivity contribution in [1.29, 1.82) is 0 Å². The van der Waals surface area contributed by atoms with Crippen LogP contribution in [0.3, 0.4) is 0 Å². The Balaban J connectivity index is 1.92. The quantitative estimate of drug-likeness (QED) is 0.739. The lowest BCUT2D eigenvalue weighted by atomic mass is 10.2. The fourth-order valence-electron chi connectivity index (χ4n) is 1.79. The van der Waals surface area contributed by atoms with Gasteiger partial charge in [0, 0.05) is 18.1 Å². The number of carbonyl (C=O) groups is 1. The third-order valence-electron chi connectivity index (χ3n) is 2.66. The summed E-state index contributed by atoms with van der Waals surface area (Å²) in [6.45, 7) is 0. The van der Waals surface area contributed by atoms with Crippen LogP contribution in [0, 0.1) is 5.82 Å². The molecule has 0 fully saturated rings. The van der Waals surface area contributed by atoms with Gasteiger partial charge in [-0.3, -0.25) is 14.9 Å². The van der Waals surface area contributed by atoms with Gasteiger partial charge < -0.3 is 5.32 Å². The molecule has 0 saturated carbocycles. The molecule has 0 aliphatic heterocycles. The van der Waals surface area contributed by atoms with Crippen LogP contribution in [0.5, 0.6) is 0 Å². The van der Waals surface area contributed by atoms with Gasteiger partial charge in [0.25, 0.3) is 5.91 Å². The Labute approximate surface area is 107 Å². The highest BCUT2D eigenvalue weighted by Crippen LogP contribution is 2.16. The van der Waals surface area contributed by atoms with E-state index in [0.29, 0.717) is 11.1 Å². The molecule has 0 radical (unpaired) electrons. The standard InChI is InChI=1S/C13H9FN4O/c14-8-2-1-3-9(6-8)16-13(19)12-10-7-15-5-4-11(10)17-18-12/h1-7H,(H,16,19)(H,17,18). The molecule has 0 saturated heterocycles. The van der Waals surface area contributed by atoms with Gasteiger partial charge in [-0.15, -0.1) is 0 Å². The minimum Gasteiger partial charge on any atom is -0.320 e. The first-order chi connectivity index (χ1) is 9.24. The molecule has 1 amide bonds. The number of aromatic amines is 1. The van der Waals surface area contributed by atoms with Crippen LogP contribution in [-0.4, -0.2) is 21.1 Å². The number of anilines is 1. The van der Waals surface area contributed by atoms with Crippen LogP contribution in [0.2, 0.25) is 0 Å². The molecular formula is C13H9FN4O. The Morgan fingerprint density at radius 3 is 3.05 bits per heavy atom. The van der Waals surface area contributed by atoms with Crippen LogP contribution in [0.1, 0.15) is 10.5 Å². The van der Waals surface area contributed by atoms with Crippen LogP contribution in [-0.2, 0) is 0 Å². The second kappa shape index (κ2) is 4.49. The van der Waals surface area contributed by atoms with E-state index in [-0.39, 0.29) is 5.69 Å². The number of fused-ring (bicyclic) bond motifs is 1. The predicted molar refractivity (Wildman–Crippen MR) is 68.2 cm³/mol. The normalized spacial score (nSPS) is 10.6. The van der Waals surface area contributed by atoms with E-state index in [2.05, 4.69) is 20.5 Å². The highest BCUT2D eigenvalue weighted by Gasteiger charge is 2.14. The third-order valence-corrected chi connectivity index (χ3v) is 2.66. The molecule has 6 heteroatoms. The van der Waals surface area contributed by atoms with Gasteiger partial charge in [-0.1, -0.05) is 6.07 Å². The number of nitrogens with zero attached hydrogens (tertiary/aromatic N) is 2. The number of nitrogens with one attached hydrogen (secondary N) is 2. The van der Waals surface area contributed by atoms with Gasteiger partial charge in [-0.25, -0.2) is 4.39 Å². The Kier molecular flexibility index (Phi) is 2.68. The maximum absolute atomic E-state index is 13.0. The van der Waals surface area contributed by atoms with Crippen molar-refractivity contribution in [2.45, 2.75) is 0 Å². The van der Waals surface area contributed by atoms with Crippen molar-refractivity contribution in [1.82, 2.24) is 15.2 Å². The van der Waals surface area contributed by atoms with Crippen molar-refractivity contribution < 1.29 is 9.18 Å². The Morgan fingerprint density at radius 1 is 1.32 bits per heavy atom. The number of aromatic nitrogens is 3. The first kappa shape index (κ1) is 11.3. The molecule has 1 aromatic carbocycles. The molecule has 0 spiro atoms. The van der Waals surface area contributed by atoms with E-state index < -0.39 is 11.7 Å². The van der Waals surface area contributed by atoms with E-state index in [1.165, 1.54) is 18.2 Å². The smallest absolute Gasteiger partial charge is 0.276 e. The predicted octanol–water partition coefficient (Wildman–Crippen LogP) is 2.35. The van der Waals surface area contributed by atoms with E-state index in [9.17, 15) is 9.18 Å². The zero-order chi connectivity index (χ0) is 13.2. The molecule has 19 heavy (non-hydrogen) atoms. The minimum atomic E-state index is -0.412. The number of halogens is 1. The van der Waals surface area contributed by atoms with Gasteiger partial charge in [0.05, 0.1) is 10.9 Å². The summed E-state index contributed by atoms with van der Waals surface area (Å²) in [6.07, 6.45) is 3.16. The molecule has 0 unspecified atom stereocenters. The summed E-state index contributed by atoms with van der Waals surface area (Å²) in [5.74, 6) is -0.823. The number of pyridine rings is 1. The molecule has 0 bridgehead atoms. The van der Waals surface area contributed by atoms with Gasteiger partial charge in [-0.05, 0) is 24.3 Å². The average Bonchev–Trinajstić information content (AvgIpc) is 2.82. The van der Waals surface area contributed by atoms with Gasteiger partial charge in [0.1, 0.15) is 5.82 Å². The van der Waals surface area contributed by atoms with E-state index >= 15 is 0 Å². The van der Waals surface area contributed by atoms with Gasteiger partial charge in [-0.2, -0.15) is 5.10 Å². The molecule has 2 N–H and O–H groups in total. The Hall–Kier alpha value is -2.76. The van der Waals surface area contributed by atoms with Crippen molar-refractivity contribution >= 4 is 22.5 Å². The second-order valence-electron chi connectivity index (χ2n) is 3.96. The average molecular weight is 256 g/mol. The van der Waals surface area contributed by atoms with E-state index in [1.54, 1.807) is 24.5 Å². The summed E-state index contributed by atoms with van der Waals surface area (Å²) in [5.41, 5.74) is 1.33. The molecule has 3 rings (SSSR count). The largest absolute Gasteiger partial charge is 0.320 e. The molecule has 3 aromatic rings. The van der Waals surface area contributed by atoms with E-state index in [4.69, 9.17) is 0 Å². The molecule has 5 nitrogen and oxygen atoms in total. The van der Waals surface area contributed by atoms with E-state index in [1.807, 2.05) is 0 Å².